The summed E-state index contributed by atoms with van der Waals surface area (Å²) in [5, 5.41) is 8.69. The fourth-order valence-electron chi connectivity index (χ4n) is 1.33. The van der Waals surface area contributed by atoms with Gasteiger partial charge < -0.3 is 9.84 Å². The molecule has 0 atom stereocenters. The second-order valence-electron chi connectivity index (χ2n) is 3.86. The number of carbonyl (C=O) groups is 2. The van der Waals surface area contributed by atoms with E-state index in [1.807, 2.05) is 0 Å². The second kappa shape index (κ2) is 6.48. The van der Waals surface area contributed by atoms with Crippen LogP contribution in [0.25, 0.3) is 0 Å². The number of carbonyl (C=O) groups excluding carboxylic acids is 1. The minimum absolute atomic E-state index is 0.252. The molecular formula is C11H11F2NO6S. The average molecular weight is 323 g/mol. The van der Waals surface area contributed by atoms with E-state index in [0.29, 0.717) is 6.07 Å². The van der Waals surface area contributed by atoms with Crippen LogP contribution in [0, 0.1) is 11.6 Å². The van der Waals surface area contributed by atoms with Gasteiger partial charge in [-0.2, -0.15) is 0 Å². The van der Waals surface area contributed by atoms with E-state index in [1.54, 1.807) is 4.72 Å². The van der Waals surface area contributed by atoms with Crippen molar-refractivity contribution in [3.8, 4) is 0 Å². The standard InChI is InChI=1S/C11H11F2NO6S/c1-20-10(15)2-3-21(18,19)14-9-4-6(11(16)17)7(12)5-8(9)13/h4-5,14H,2-3H2,1H3,(H,16,17). The molecule has 0 radical (unpaired) electrons. The van der Waals surface area contributed by atoms with Crippen LogP contribution in [0.3, 0.4) is 0 Å². The van der Waals surface area contributed by atoms with Crippen LogP contribution in [0.1, 0.15) is 16.8 Å². The highest BCUT2D eigenvalue weighted by Crippen LogP contribution is 2.21. The van der Waals surface area contributed by atoms with Gasteiger partial charge in [0.2, 0.25) is 10.0 Å². The SMILES string of the molecule is COC(=O)CCS(=O)(=O)Nc1cc(C(=O)O)c(F)cc1F. The maximum Gasteiger partial charge on any atom is 0.338 e. The van der Waals surface area contributed by atoms with Crippen LogP contribution in [0.4, 0.5) is 14.5 Å². The first kappa shape index (κ1) is 16.8. The Morgan fingerprint density at radius 3 is 2.43 bits per heavy atom. The molecule has 0 heterocycles. The van der Waals surface area contributed by atoms with Crippen LogP contribution in [-0.2, 0) is 19.6 Å². The molecular weight excluding hydrogens is 312 g/mol. The smallest absolute Gasteiger partial charge is 0.338 e. The molecule has 1 aromatic carbocycles. The topological polar surface area (TPSA) is 110 Å². The van der Waals surface area contributed by atoms with Gasteiger partial charge in [-0.05, 0) is 6.07 Å². The first-order valence-corrected chi connectivity index (χ1v) is 7.11. The minimum atomic E-state index is -4.12. The van der Waals surface area contributed by atoms with E-state index < -0.39 is 57.0 Å². The van der Waals surface area contributed by atoms with Crippen molar-refractivity contribution in [1.82, 2.24) is 0 Å². The summed E-state index contributed by atoms with van der Waals surface area (Å²) in [7, 11) is -3.05. The zero-order valence-corrected chi connectivity index (χ0v) is 11.5. The first-order valence-electron chi connectivity index (χ1n) is 5.46. The molecule has 1 aromatic rings. The molecule has 0 amide bonds. The van der Waals surface area contributed by atoms with Gasteiger partial charge in [-0.3, -0.25) is 9.52 Å². The minimum Gasteiger partial charge on any atom is -0.478 e. The van der Waals surface area contributed by atoms with Crippen LogP contribution in [-0.4, -0.2) is 38.3 Å². The van der Waals surface area contributed by atoms with Crippen molar-refractivity contribution >= 4 is 27.6 Å². The van der Waals surface area contributed by atoms with Crippen LogP contribution in [0.5, 0.6) is 0 Å². The van der Waals surface area contributed by atoms with E-state index in [2.05, 4.69) is 4.74 Å². The highest BCUT2D eigenvalue weighted by Gasteiger charge is 2.20. The third kappa shape index (κ3) is 4.67. The molecule has 0 bridgehead atoms. The van der Waals surface area contributed by atoms with Crippen molar-refractivity contribution < 1.29 is 36.6 Å². The maximum atomic E-state index is 13.4. The van der Waals surface area contributed by atoms with E-state index in [4.69, 9.17) is 5.11 Å². The van der Waals surface area contributed by atoms with Gasteiger partial charge in [0.05, 0.1) is 30.5 Å². The molecule has 21 heavy (non-hydrogen) atoms. The van der Waals surface area contributed by atoms with Gasteiger partial charge in [-0.15, -0.1) is 0 Å². The molecule has 0 unspecified atom stereocenters. The Labute approximate surface area is 118 Å². The summed E-state index contributed by atoms with van der Waals surface area (Å²) in [6.07, 6.45) is -0.472. The lowest BCUT2D eigenvalue weighted by atomic mass is 10.2. The zero-order valence-electron chi connectivity index (χ0n) is 10.7. The quantitative estimate of drug-likeness (QED) is 0.755. The number of methoxy groups -OCH3 is 1. The Bertz CT molecular complexity index is 674. The van der Waals surface area contributed by atoms with Crippen LogP contribution in [0.15, 0.2) is 12.1 Å². The van der Waals surface area contributed by atoms with Crippen molar-refractivity contribution in [1.29, 1.82) is 0 Å². The summed E-state index contributed by atoms with van der Waals surface area (Å²) in [6.45, 7) is 0. The van der Waals surface area contributed by atoms with Gasteiger partial charge in [0.15, 0.2) is 0 Å². The number of ether oxygens (including phenoxy) is 1. The first-order chi connectivity index (χ1) is 9.66. The number of carboxylic acid groups (broad SMARTS) is 1. The van der Waals surface area contributed by atoms with Crippen LogP contribution < -0.4 is 4.72 Å². The van der Waals surface area contributed by atoms with Crippen molar-refractivity contribution in [2.75, 3.05) is 17.6 Å². The predicted molar refractivity (Wildman–Crippen MR) is 67.4 cm³/mol. The van der Waals surface area contributed by atoms with Gasteiger partial charge in [0.25, 0.3) is 0 Å². The Hall–Kier alpha value is -2.23. The molecule has 0 saturated carbocycles. The molecule has 0 spiro atoms. The van der Waals surface area contributed by atoms with Gasteiger partial charge >= 0.3 is 11.9 Å². The fourth-order valence-corrected chi connectivity index (χ4v) is 2.36. The largest absolute Gasteiger partial charge is 0.478 e. The predicted octanol–water partition coefficient (Wildman–Crippen LogP) is 0.968. The van der Waals surface area contributed by atoms with E-state index >= 15 is 0 Å². The molecule has 2 N–H and O–H groups in total. The number of nitrogens with one attached hydrogen (secondary N) is 1. The molecule has 0 aliphatic heterocycles. The summed E-state index contributed by atoms with van der Waals surface area (Å²) in [5.41, 5.74) is -1.61. The zero-order chi connectivity index (χ0) is 16.2. The van der Waals surface area contributed by atoms with E-state index in [0.717, 1.165) is 7.11 Å². The highest BCUT2D eigenvalue weighted by atomic mass is 32.2. The number of aromatic carboxylic acids is 1. The number of sulfonamides is 1. The van der Waals surface area contributed by atoms with Crippen LogP contribution in [0.2, 0.25) is 0 Å². The third-order valence-corrected chi connectivity index (χ3v) is 3.63. The number of rotatable bonds is 6. The number of halogens is 2. The Morgan fingerprint density at radius 2 is 1.90 bits per heavy atom. The van der Waals surface area contributed by atoms with Crippen molar-refractivity contribution in [2.45, 2.75) is 6.42 Å². The number of benzene rings is 1. The monoisotopic (exact) mass is 323 g/mol. The highest BCUT2D eigenvalue weighted by molar-refractivity contribution is 7.92. The van der Waals surface area contributed by atoms with E-state index in [9.17, 15) is 26.8 Å². The Balaban J connectivity index is 2.99. The van der Waals surface area contributed by atoms with Crippen molar-refractivity contribution in [2.24, 2.45) is 0 Å². The molecule has 0 aliphatic carbocycles. The molecule has 0 fully saturated rings. The average Bonchev–Trinajstić information content (AvgIpc) is 2.38. The van der Waals surface area contributed by atoms with Gasteiger partial charge in [-0.1, -0.05) is 0 Å². The lowest BCUT2D eigenvalue weighted by Gasteiger charge is -2.09. The lowest BCUT2D eigenvalue weighted by molar-refractivity contribution is -0.140. The summed E-state index contributed by atoms with van der Waals surface area (Å²) in [6, 6.07) is 0.768. The normalized spacial score (nSPS) is 11.0. The Morgan fingerprint density at radius 1 is 1.29 bits per heavy atom. The van der Waals surface area contributed by atoms with Crippen LogP contribution >= 0.6 is 0 Å². The lowest BCUT2D eigenvalue weighted by Crippen LogP contribution is -2.20. The van der Waals surface area contributed by atoms with Crippen molar-refractivity contribution in [3.05, 3.63) is 29.3 Å². The molecule has 7 nitrogen and oxygen atoms in total. The van der Waals surface area contributed by atoms with Gasteiger partial charge in [0, 0.05) is 6.07 Å². The Kier molecular flexibility index (Phi) is 5.19. The number of anilines is 1. The fraction of sp³-hybridized carbons (Fsp3) is 0.273. The molecule has 116 valence electrons. The maximum absolute atomic E-state index is 13.4. The summed E-state index contributed by atoms with van der Waals surface area (Å²) < 4.78 is 55.8. The van der Waals surface area contributed by atoms with Gasteiger partial charge in [-0.25, -0.2) is 22.0 Å². The molecule has 0 aromatic heterocycles. The number of esters is 1. The summed E-state index contributed by atoms with van der Waals surface area (Å²) in [4.78, 5) is 21.6. The summed E-state index contributed by atoms with van der Waals surface area (Å²) >= 11 is 0. The second-order valence-corrected chi connectivity index (χ2v) is 5.71. The number of hydrogen-bond donors (Lipinski definition) is 2. The van der Waals surface area contributed by atoms with E-state index in [-0.39, 0.29) is 6.07 Å². The van der Waals surface area contributed by atoms with Crippen molar-refractivity contribution in [3.63, 3.8) is 0 Å². The summed E-state index contributed by atoms with van der Waals surface area (Å²) in [5.74, 6) is -5.77. The molecule has 1 rings (SSSR count). The molecule has 0 aliphatic rings. The number of carboxylic acids is 1. The van der Waals surface area contributed by atoms with E-state index in [1.165, 1.54) is 0 Å². The molecule has 0 saturated heterocycles. The van der Waals surface area contributed by atoms with Gasteiger partial charge in [0.1, 0.15) is 11.6 Å². The number of hydrogen-bond acceptors (Lipinski definition) is 5. The molecule has 10 heteroatoms. The third-order valence-electron chi connectivity index (χ3n) is 2.36.